The maximum Gasteiger partial charge on any atom is 0.251 e. The maximum atomic E-state index is 12.1. The van der Waals surface area contributed by atoms with Gasteiger partial charge in [0.2, 0.25) is 0 Å². The van der Waals surface area contributed by atoms with Crippen molar-refractivity contribution < 1.29 is 14.6 Å². The molecule has 1 aromatic carbocycles. The molecule has 104 valence electrons. The van der Waals surface area contributed by atoms with Crippen LogP contribution in [0.2, 0.25) is 0 Å². The molecule has 2 rings (SSSR count). The van der Waals surface area contributed by atoms with Crippen molar-refractivity contribution in [1.29, 1.82) is 0 Å². The van der Waals surface area contributed by atoms with E-state index in [1.165, 1.54) is 0 Å². The van der Waals surface area contributed by atoms with Gasteiger partial charge in [-0.2, -0.15) is 0 Å². The molecule has 2 atom stereocenters. The highest BCUT2D eigenvalue weighted by molar-refractivity contribution is 5.95. The van der Waals surface area contributed by atoms with Crippen molar-refractivity contribution in [3.05, 3.63) is 29.3 Å². The predicted octanol–water partition coefficient (Wildman–Crippen LogP) is 1.89. The van der Waals surface area contributed by atoms with Gasteiger partial charge in [-0.1, -0.05) is 6.42 Å². The van der Waals surface area contributed by atoms with Crippen molar-refractivity contribution >= 4 is 5.91 Å². The van der Waals surface area contributed by atoms with Gasteiger partial charge in [0.05, 0.1) is 13.2 Å². The number of carbonyl (C=O) groups excluding carboxylic acids is 1. The van der Waals surface area contributed by atoms with Crippen molar-refractivity contribution in [3.63, 3.8) is 0 Å². The minimum atomic E-state index is -0.266. The van der Waals surface area contributed by atoms with Gasteiger partial charge in [-0.25, -0.2) is 0 Å². The zero-order valence-electron chi connectivity index (χ0n) is 11.5. The lowest BCUT2D eigenvalue weighted by atomic mass is 10.0. The van der Waals surface area contributed by atoms with Crippen LogP contribution in [0.5, 0.6) is 5.75 Å². The molecule has 0 bridgehead atoms. The number of rotatable bonds is 4. The van der Waals surface area contributed by atoms with Crippen LogP contribution in [0, 0.1) is 12.8 Å². The molecule has 2 N–H and O–H groups in total. The first-order valence-corrected chi connectivity index (χ1v) is 6.72. The molecular weight excluding hydrogens is 242 g/mol. The van der Waals surface area contributed by atoms with Gasteiger partial charge >= 0.3 is 0 Å². The van der Waals surface area contributed by atoms with E-state index in [-0.39, 0.29) is 17.9 Å². The van der Waals surface area contributed by atoms with E-state index in [9.17, 15) is 9.90 Å². The first-order valence-electron chi connectivity index (χ1n) is 6.72. The lowest BCUT2D eigenvalue weighted by Crippen LogP contribution is -2.32. The van der Waals surface area contributed by atoms with Crippen molar-refractivity contribution in [2.45, 2.75) is 32.3 Å². The van der Waals surface area contributed by atoms with Gasteiger partial charge in [-0.15, -0.1) is 0 Å². The molecule has 0 spiro atoms. The molecule has 2 unspecified atom stereocenters. The Balaban J connectivity index is 1.96. The number of hydrogen-bond acceptors (Lipinski definition) is 3. The summed E-state index contributed by atoms with van der Waals surface area (Å²) in [6.45, 7) is 2.44. The summed E-state index contributed by atoms with van der Waals surface area (Å²) in [5.41, 5.74) is 1.55. The van der Waals surface area contributed by atoms with E-state index in [0.29, 0.717) is 12.1 Å². The SMILES string of the molecule is COc1ccc(C(=O)NCC2CCCC2O)c(C)c1. The van der Waals surface area contributed by atoms with Gasteiger partial charge in [0.25, 0.3) is 5.91 Å². The van der Waals surface area contributed by atoms with E-state index in [0.717, 1.165) is 30.6 Å². The van der Waals surface area contributed by atoms with E-state index in [2.05, 4.69) is 5.32 Å². The van der Waals surface area contributed by atoms with Crippen LogP contribution in [0.25, 0.3) is 0 Å². The summed E-state index contributed by atoms with van der Waals surface area (Å²) >= 11 is 0. The fourth-order valence-corrected chi connectivity index (χ4v) is 2.59. The van der Waals surface area contributed by atoms with Crippen LogP contribution in [0.1, 0.15) is 35.2 Å². The van der Waals surface area contributed by atoms with Crippen LogP contribution < -0.4 is 10.1 Å². The molecule has 0 heterocycles. The molecule has 1 aromatic rings. The van der Waals surface area contributed by atoms with Crippen molar-refractivity contribution in [3.8, 4) is 5.75 Å². The largest absolute Gasteiger partial charge is 0.497 e. The first kappa shape index (κ1) is 13.9. The Morgan fingerprint density at radius 3 is 2.84 bits per heavy atom. The van der Waals surface area contributed by atoms with Gasteiger partial charge in [0.1, 0.15) is 5.75 Å². The number of aryl methyl sites for hydroxylation is 1. The van der Waals surface area contributed by atoms with Crippen LogP contribution in [0.4, 0.5) is 0 Å². The van der Waals surface area contributed by atoms with Gasteiger partial charge in [0, 0.05) is 18.0 Å². The van der Waals surface area contributed by atoms with Gasteiger partial charge in [-0.05, 0) is 43.5 Å². The number of amides is 1. The van der Waals surface area contributed by atoms with E-state index >= 15 is 0 Å². The lowest BCUT2D eigenvalue weighted by molar-refractivity contribution is 0.0916. The Kier molecular flexibility index (Phi) is 4.43. The second-order valence-electron chi connectivity index (χ2n) is 5.15. The minimum Gasteiger partial charge on any atom is -0.497 e. The third-order valence-corrected chi connectivity index (χ3v) is 3.82. The number of benzene rings is 1. The highest BCUT2D eigenvalue weighted by Gasteiger charge is 2.25. The lowest BCUT2D eigenvalue weighted by Gasteiger charge is -2.15. The molecule has 4 heteroatoms. The summed E-state index contributed by atoms with van der Waals surface area (Å²) in [4.78, 5) is 12.1. The van der Waals surface area contributed by atoms with Crippen LogP contribution in [-0.2, 0) is 0 Å². The van der Waals surface area contributed by atoms with Crippen LogP contribution in [0.15, 0.2) is 18.2 Å². The third kappa shape index (κ3) is 3.26. The Hall–Kier alpha value is -1.55. The molecule has 0 aromatic heterocycles. The number of carbonyl (C=O) groups is 1. The van der Waals surface area contributed by atoms with E-state index < -0.39 is 0 Å². The predicted molar refractivity (Wildman–Crippen MR) is 73.4 cm³/mol. The Labute approximate surface area is 113 Å². The highest BCUT2D eigenvalue weighted by Crippen LogP contribution is 2.25. The average Bonchev–Trinajstić information content (AvgIpc) is 2.81. The number of aliphatic hydroxyl groups excluding tert-OH is 1. The number of ether oxygens (including phenoxy) is 1. The van der Waals surface area contributed by atoms with Crippen LogP contribution in [0.3, 0.4) is 0 Å². The molecule has 1 saturated carbocycles. The molecule has 0 radical (unpaired) electrons. The Morgan fingerprint density at radius 2 is 2.26 bits per heavy atom. The molecule has 0 saturated heterocycles. The van der Waals surface area contributed by atoms with Crippen molar-refractivity contribution in [1.82, 2.24) is 5.32 Å². The Bertz CT molecular complexity index is 459. The quantitative estimate of drug-likeness (QED) is 0.872. The monoisotopic (exact) mass is 263 g/mol. The summed E-state index contributed by atoms with van der Waals surface area (Å²) in [5, 5.41) is 12.6. The fourth-order valence-electron chi connectivity index (χ4n) is 2.59. The minimum absolute atomic E-state index is 0.0840. The molecule has 1 amide bonds. The van der Waals surface area contributed by atoms with Crippen LogP contribution in [-0.4, -0.2) is 30.8 Å². The van der Waals surface area contributed by atoms with Crippen molar-refractivity contribution in [2.75, 3.05) is 13.7 Å². The van der Waals surface area contributed by atoms with Gasteiger partial charge in [0.15, 0.2) is 0 Å². The van der Waals surface area contributed by atoms with E-state index in [1.54, 1.807) is 19.2 Å². The first-order chi connectivity index (χ1) is 9.11. The summed E-state index contributed by atoms with van der Waals surface area (Å²) in [6, 6.07) is 5.40. The van der Waals surface area contributed by atoms with E-state index in [4.69, 9.17) is 4.74 Å². The normalized spacial score (nSPS) is 22.3. The molecule has 1 aliphatic rings. The smallest absolute Gasteiger partial charge is 0.251 e. The second-order valence-corrected chi connectivity index (χ2v) is 5.15. The standard InChI is InChI=1S/C15H21NO3/c1-10-8-12(19-2)6-7-13(10)15(18)16-9-11-4-3-5-14(11)17/h6-8,11,14,17H,3-5,9H2,1-2H3,(H,16,18). The fraction of sp³-hybridized carbons (Fsp3) is 0.533. The summed E-state index contributed by atoms with van der Waals surface area (Å²) in [5.74, 6) is 0.863. The van der Waals surface area contributed by atoms with Crippen LogP contribution >= 0.6 is 0 Å². The summed E-state index contributed by atoms with van der Waals surface area (Å²) < 4.78 is 5.12. The average molecular weight is 263 g/mol. The molecule has 1 aliphatic carbocycles. The zero-order valence-corrected chi connectivity index (χ0v) is 11.5. The van der Waals surface area contributed by atoms with Gasteiger partial charge in [-0.3, -0.25) is 4.79 Å². The number of aliphatic hydroxyl groups is 1. The van der Waals surface area contributed by atoms with E-state index in [1.807, 2.05) is 13.0 Å². The second kappa shape index (κ2) is 6.06. The van der Waals surface area contributed by atoms with Gasteiger partial charge < -0.3 is 15.2 Å². The number of nitrogens with one attached hydrogen (secondary N) is 1. The highest BCUT2D eigenvalue weighted by atomic mass is 16.5. The number of hydrogen-bond donors (Lipinski definition) is 2. The summed E-state index contributed by atoms with van der Waals surface area (Å²) in [6.07, 6.45) is 2.62. The molecule has 4 nitrogen and oxygen atoms in total. The number of methoxy groups -OCH3 is 1. The molecular formula is C15H21NO3. The maximum absolute atomic E-state index is 12.1. The topological polar surface area (TPSA) is 58.6 Å². The van der Waals surface area contributed by atoms with Crippen molar-refractivity contribution in [2.24, 2.45) is 5.92 Å². The molecule has 19 heavy (non-hydrogen) atoms. The molecule has 0 aliphatic heterocycles. The zero-order chi connectivity index (χ0) is 13.8. The summed E-state index contributed by atoms with van der Waals surface area (Å²) in [7, 11) is 1.61. The third-order valence-electron chi connectivity index (χ3n) is 3.82. The Morgan fingerprint density at radius 1 is 1.47 bits per heavy atom. The molecule has 1 fully saturated rings.